The molecule has 1 saturated heterocycles. The highest BCUT2D eigenvalue weighted by molar-refractivity contribution is 7.91. The number of hydrogen-bond donors (Lipinski definition) is 1. The molecule has 0 radical (unpaired) electrons. The lowest BCUT2D eigenvalue weighted by Gasteiger charge is -2.19. The zero-order valence-corrected chi connectivity index (χ0v) is 11.6. The van der Waals surface area contributed by atoms with Gasteiger partial charge in [0.15, 0.2) is 9.84 Å². The summed E-state index contributed by atoms with van der Waals surface area (Å²) >= 11 is 1.41. The van der Waals surface area contributed by atoms with Crippen molar-refractivity contribution < 1.29 is 8.42 Å². The summed E-state index contributed by atoms with van der Waals surface area (Å²) in [6.07, 6.45) is 2.42. The first-order valence-electron chi connectivity index (χ1n) is 5.76. The molecule has 0 bridgehead atoms. The van der Waals surface area contributed by atoms with Gasteiger partial charge in [0.05, 0.1) is 11.8 Å². The normalized spacial score (nSPS) is 25.6. The van der Waals surface area contributed by atoms with Gasteiger partial charge in [-0.2, -0.15) is 0 Å². The van der Waals surface area contributed by atoms with Crippen LogP contribution >= 0.6 is 11.3 Å². The molecule has 0 aliphatic carbocycles. The van der Waals surface area contributed by atoms with Crippen LogP contribution in [0.3, 0.4) is 0 Å². The first-order valence-corrected chi connectivity index (χ1v) is 8.30. The molecular weight excluding hydrogens is 258 g/mol. The number of aromatic nitrogens is 2. The Morgan fingerprint density at radius 3 is 2.82 bits per heavy atom. The topological polar surface area (TPSA) is 72.0 Å². The van der Waals surface area contributed by atoms with Gasteiger partial charge in [-0.05, 0) is 26.8 Å². The number of nitrogens with zero attached hydrogens (tertiary/aromatic N) is 2. The van der Waals surface area contributed by atoms with Crippen LogP contribution < -0.4 is 5.32 Å². The molecule has 1 aromatic rings. The van der Waals surface area contributed by atoms with Crippen molar-refractivity contribution in [3.05, 3.63) is 10.0 Å². The van der Waals surface area contributed by atoms with Crippen LogP contribution in [0.1, 0.15) is 47.5 Å². The maximum Gasteiger partial charge on any atom is 0.159 e. The van der Waals surface area contributed by atoms with Crippen molar-refractivity contribution in [3.63, 3.8) is 0 Å². The molecule has 0 amide bonds. The van der Waals surface area contributed by atoms with Gasteiger partial charge < -0.3 is 5.32 Å². The van der Waals surface area contributed by atoms with Crippen LogP contribution in [0.2, 0.25) is 0 Å². The monoisotopic (exact) mass is 275 g/mol. The lowest BCUT2D eigenvalue weighted by Crippen LogP contribution is -2.21. The average Bonchev–Trinajstić information content (AvgIpc) is 2.76. The molecule has 2 atom stereocenters. The Bertz CT molecular complexity index is 483. The Morgan fingerprint density at radius 2 is 2.18 bits per heavy atom. The van der Waals surface area contributed by atoms with Crippen LogP contribution in [0.15, 0.2) is 0 Å². The van der Waals surface area contributed by atoms with Crippen molar-refractivity contribution in [2.45, 2.75) is 37.5 Å². The van der Waals surface area contributed by atoms with Gasteiger partial charge in [0.25, 0.3) is 0 Å². The predicted molar refractivity (Wildman–Crippen MR) is 67.8 cm³/mol. The molecule has 5 nitrogen and oxygen atoms in total. The van der Waals surface area contributed by atoms with E-state index >= 15 is 0 Å². The van der Waals surface area contributed by atoms with Crippen molar-refractivity contribution in [2.75, 3.05) is 12.8 Å². The standard InChI is InChI=1S/C10H17N3O2S2/c1-7(11-2)9-12-13-10(16-9)8-5-3-4-6-17(8,14)15/h7-8,11H,3-6H2,1-2H3. The highest BCUT2D eigenvalue weighted by atomic mass is 32.2. The molecule has 0 saturated carbocycles. The highest BCUT2D eigenvalue weighted by Crippen LogP contribution is 2.35. The third kappa shape index (κ3) is 2.66. The molecule has 0 aromatic carbocycles. The number of rotatable bonds is 3. The minimum Gasteiger partial charge on any atom is -0.311 e. The molecule has 1 aromatic heterocycles. The fourth-order valence-corrected chi connectivity index (χ4v) is 5.18. The zero-order chi connectivity index (χ0) is 12.5. The lowest BCUT2D eigenvalue weighted by molar-refractivity contribution is 0.544. The van der Waals surface area contributed by atoms with E-state index in [1.165, 1.54) is 11.3 Å². The number of nitrogens with one attached hydrogen (secondary N) is 1. The van der Waals surface area contributed by atoms with E-state index in [0.29, 0.717) is 11.4 Å². The summed E-state index contributed by atoms with van der Waals surface area (Å²) in [4.78, 5) is 0. The van der Waals surface area contributed by atoms with Crippen LogP contribution in [-0.2, 0) is 9.84 Å². The van der Waals surface area contributed by atoms with Gasteiger partial charge in [-0.3, -0.25) is 0 Å². The van der Waals surface area contributed by atoms with Gasteiger partial charge in [-0.15, -0.1) is 10.2 Å². The number of sulfone groups is 1. The molecule has 1 fully saturated rings. The summed E-state index contributed by atoms with van der Waals surface area (Å²) in [6.45, 7) is 1.99. The fraction of sp³-hybridized carbons (Fsp3) is 0.800. The van der Waals surface area contributed by atoms with Crippen LogP contribution in [0.25, 0.3) is 0 Å². The number of hydrogen-bond acceptors (Lipinski definition) is 6. The summed E-state index contributed by atoms with van der Waals surface area (Å²) in [5, 5.41) is 12.3. The zero-order valence-electron chi connectivity index (χ0n) is 10.0. The van der Waals surface area contributed by atoms with Crippen molar-refractivity contribution in [1.82, 2.24) is 15.5 Å². The second-order valence-electron chi connectivity index (χ2n) is 4.34. The predicted octanol–water partition coefficient (Wildman–Crippen LogP) is 1.46. The molecule has 2 rings (SSSR count). The fourth-order valence-electron chi connectivity index (χ4n) is 1.91. The van der Waals surface area contributed by atoms with E-state index in [1.807, 2.05) is 14.0 Å². The Kier molecular flexibility index (Phi) is 3.79. The van der Waals surface area contributed by atoms with Crippen LogP contribution in [-0.4, -0.2) is 31.4 Å². The minimum absolute atomic E-state index is 0.118. The highest BCUT2D eigenvalue weighted by Gasteiger charge is 2.33. The molecule has 96 valence electrons. The smallest absolute Gasteiger partial charge is 0.159 e. The Morgan fingerprint density at radius 1 is 1.41 bits per heavy atom. The maximum absolute atomic E-state index is 12.0. The summed E-state index contributed by atoms with van der Waals surface area (Å²) in [7, 11) is -1.16. The van der Waals surface area contributed by atoms with E-state index in [-0.39, 0.29) is 11.8 Å². The van der Waals surface area contributed by atoms with Gasteiger partial charge >= 0.3 is 0 Å². The molecule has 0 spiro atoms. The van der Waals surface area contributed by atoms with E-state index in [0.717, 1.165) is 17.8 Å². The molecule has 17 heavy (non-hydrogen) atoms. The molecular formula is C10H17N3O2S2. The summed E-state index contributed by atoms with van der Waals surface area (Å²) in [6, 6.07) is 0.118. The van der Waals surface area contributed by atoms with E-state index in [4.69, 9.17) is 0 Å². The third-order valence-electron chi connectivity index (χ3n) is 3.11. The first-order chi connectivity index (χ1) is 8.04. The van der Waals surface area contributed by atoms with E-state index < -0.39 is 15.1 Å². The van der Waals surface area contributed by atoms with Crippen LogP contribution in [0.4, 0.5) is 0 Å². The van der Waals surface area contributed by atoms with Crippen LogP contribution in [0, 0.1) is 0 Å². The Labute approximate surface area is 106 Å². The third-order valence-corrected chi connectivity index (χ3v) is 6.67. The Hall–Kier alpha value is -0.530. The second kappa shape index (κ2) is 4.99. The lowest BCUT2D eigenvalue weighted by atomic mass is 10.2. The van der Waals surface area contributed by atoms with Crippen molar-refractivity contribution in [1.29, 1.82) is 0 Å². The van der Waals surface area contributed by atoms with Crippen LogP contribution in [0.5, 0.6) is 0 Å². The molecule has 2 unspecified atom stereocenters. The SMILES string of the molecule is CNC(C)c1nnc(C2CCCCS2(=O)=O)s1. The molecule has 2 heterocycles. The van der Waals surface area contributed by atoms with Crippen molar-refractivity contribution in [3.8, 4) is 0 Å². The van der Waals surface area contributed by atoms with Gasteiger partial charge in [0.2, 0.25) is 0 Å². The summed E-state index contributed by atoms with van der Waals surface area (Å²) < 4.78 is 23.9. The van der Waals surface area contributed by atoms with E-state index in [1.54, 1.807) is 0 Å². The summed E-state index contributed by atoms with van der Waals surface area (Å²) in [5.74, 6) is 0.286. The van der Waals surface area contributed by atoms with E-state index in [9.17, 15) is 8.42 Å². The van der Waals surface area contributed by atoms with Gasteiger partial charge in [0, 0.05) is 0 Å². The first kappa shape index (κ1) is 12.9. The molecule has 1 aliphatic heterocycles. The van der Waals surface area contributed by atoms with Crippen molar-refractivity contribution >= 4 is 21.2 Å². The minimum atomic E-state index is -3.01. The molecule has 7 heteroatoms. The maximum atomic E-state index is 12.0. The van der Waals surface area contributed by atoms with Gasteiger partial charge in [-0.25, -0.2) is 8.42 Å². The molecule has 1 N–H and O–H groups in total. The quantitative estimate of drug-likeness (QED) is 0.904. The largest absolute Gasteiger partial charge is 0.311 e. The van der Waals surface area contributed by atoms with Crippen molar-refractivity contribution in [2.24, 2.45) is 0 Å². The van der Waals surface area contributed by atoms with Gasteiger partial charge in [-0.1, -0.05) is 17.8 Å². The van der Waals surface area contributed by atoms with E-state index in [2.05, 4.69) is 15.5 Å². The van der Waals surface area contributed by atoms with Gasteiger partial charge in [0.1, 0.15) is 15.3 Å². The summed E-state index contributed by atoms with van der Waals surface area (Å²) in [5.41, 5.74) is 0. The molecule has 1 aliphatic rings. The second-order valence-corrected chi connectivity index (χ2v) is 7.68. The average molecular weight is 275 g/mol. The Balaban J connectivity index is 2.25.